The molecular weight excluding hydrogens is 277 g/mol. The van der Waals surface area contributed by atoms with Crippen LogP contribution in [0.25, 0.3) is 0 Å². The molecule has 1 aromatic rings. The number of carboxylic acids is 1. The largest absolute Gasteiger partial charge is 0.480 e. The van der Waals surface area contributed by atoms with Gasteiger partial charge in [-0.25, -0.2) is 22.8 Å². The molecule has 5 nitrogen and oxygen atoms in total. The third-order valence-electron chi connectivity index (χ3n) is 2.83. The number of hydrogen-bond acceptors (Lipinski definition) is 2. The zero-order chi connectivity index (χ0) is 15.5. The first kappa shape index (κ1) is 15.8. The highest BCUT2D eigenvalue weighted by Crippen LogP contribution is 2.18. The van der Waals surface area contributed by atoms with E-state index >= 15 is 0 Å². The second kappa shape index (κ2) is 5.81. The maximum Gasteiger partial charge on any atom is 0.329 e. The van der Waals surface area contributed by atoms with E-state index in [1.165, 1.54) is 13.8 Å². The van der Waals surface area contributed by atoms with Crippen LogP contribution in [0.2, 0.25) is 0 Å². The lowest BCUT2D eigenvalue weighted by atomic mass is 10.00. The first-order chi connectivity index (χ1) is 9.19. The van der Waals surface area contributed by atoms with Crippen molar-refractivity contribution >= 4 is 17.7 Å². The summed E-state index contributed by atoms with van der Waals surface area (Å²) in [4.78, 5) is 22.6. The number of benzene rings is 1. The summed E-state index contributed by atoms with van der Waals surface area (Å²) in [5.74, 6) is -5.18. The second-order valence-corrected chi connectivity index (χ2v) is 4.32. The molecule has 0 saturated heterocycles. The fraction of sp³-hybridized carbons (Fsp3) is 0.333. The van der Waals surface area contributed by atoms with E-state index in [9.17, 15) is 22.8 Å². The molecule has 0 fully saturated rings. The van der Waals surface area contributed by atoms with Crippen molar-refractivity contribution < 1.29 is 27.9 Å². The minimum absolute atomic E-state index is 0.0794. The topological polar surface area (TPSA) is 78.4 Å². The van der Waals surface area contributed by atoms with Gasteiger partial charge in [-0.3, -0.25) is 0 Å². The summed E-state index contributed by atoms with van der Waals surface area (Å²) in [6.07, 6.45) is 0.0794. The molecule has 0 radical (unpaired) electrons. The molecule has 2 amide bonds. The van der Waals surface area contributed by atoms with Gasteiger partial charge in [-0.2, -0.15) is 0 Å². The molecule has 1 atom stereocenters. The molecule has 1 rings (SSSR count). The summed E-state index contributed by atoms with van der Waals surface area (Å²) >= 11 is 0. The molecule has 0 spiro atoms. The van der Waals surface area contributed by atoms with Crippen molar-refractivity contribution in [2.75, 3.05) is 5.32 Å². The molecule has 0 aliphatic carbocycles. The number of halogens is 3. The molecule has 110 valence electrons. The van der Waals surface area contributed by atoms with Gasteiger partial charge in [0.15, 0.2) is 11.6 Å². The number of carboxylic acid groups (broad SMARTS) is 1. The van der Waals surface area contributed by atoms with Gasteiger partial charge in [0.25, 0.3) is 0 Å². The van der Waals surface area contributed by atoms with Crippen LogP contribution in [0, 0.1) is 17.5 Å². The van der Waals surface area contributed by atoms with Crippen LogP contribution in [0.3, 0.4) is 0 Å². The first-order valence-electron chi connectivity index (χ1n) is 5.66. The number of carbonyl (C=O) groups is 2. The highest BCUT2D eigenvalue weighted by Gasteiger charge is 2.33. The Labute approximate surface area is 112 Å². The molecule has 1 aromatic carbocycles. The lowest BCUT2D eigenvalue weighted by molar-refractivity contribution is -0.143. The van der Waals surface area contributed by atoms with E-state index in [-0.39, 0.29) is 12.5 Å². The number of amides is 2. The van der Waals surface area contributed by atoms with Gasteiger partial charge in [0.1, 0.15) is 11.4 Å². The number of rotatable bonds is 4. The van der Waals surface area contributed by atoms with Crippen molar-refractivity contribution in [3.8, 4) is 0 Å². The van der Waals surface area contributed by atoms with Gasteiger partial charge in [-0.05, 0) is 13.3 Å². The van der Waals surface area contributed by atoms with Gasteiger partial charge in [0.05, 0.1) is 5.69 Å². The van der Waals surface area contributed by atoms with Crippen molar-refractivity contribution in [3.05, 3.63) is 29.6 Å². The van der Waals surface area contributed by atoms with Gasteiger partial charge < -0.3 is 15.7 Å². The quantitative estimate of drug-likeness (QED) is 0.745. The van der Waals surface area contributed by atoms with Gasteiger partial charge in [0.2, 0.25) is 0 Å². The minimum atomic E-state index is -1.56. The van der Waals surface area contributed by atoms with Crippen molar-refractivity contribution in [1.82, 2.24) is 5.32 Å². The van der Waals surface area contributed by atoms with Crippen LogP contribution >= 0.6 is 0 Å². The zero-order valence-corrected chi connectivity index (χ0v) is 10.8. The Balaban J connectivity index is 2.87. The summed E-state index contributed by atoms with van der Waals surface area (Å²) in [6, 6.07) is -0.295. The van der Waals surface area contributed by atoms with Crippen molar-refractivity contribution in [2.45, 2.75) is 25.8 Å². The summed E-state index contributed by atoms with van der Waals surface area (Å²) in [5, 5.41) is 13.0. The zero-order valence-electron chi connectivity index (χ0n) is 10.8. The molecule has 8 heteroatoms. The average molecular weight is 290 g/mol. The monoisotopic (exact) mass is 290 g/mol. The van der Waals surface area contributed by atoms with Gasteiger partial charge in [0, 0.05) is 12.1 Å². The number of anilines is 1. The Hall–Kier alpha value is -2.25. The third kappa shape index (κ3) is 3.40. The fourth-order valence-electron chi connectivity index (χ4n) is 1.32. The molecule has 0 saturated carbocycles. The predicted molar refractivity (Wildman–Crippen MR) is 64.8 cm³/mol. The Morgan fingerprint density at radius 1 is 1.20 bits per heavy atom. The van der Waals surface area contributed by atoms with Crippen molar-refractivity contribution in [2.24, 2.45) is 0 Å². The van der Waals surface area contributed by atoms with Gasteiger partial charge >= 0.3 is 12.0 Å². The Bertz CT molecular complexity index is 551. The van der Waals surface area contributed by atoms with Gasteiger partial charge in [-0.15, -0.1) is 0 Å². The number of hydrogen-bond donors (Lipinski definition) is 3. The van der Waals surface area contributed by atoms with E-state index in [1.54, 1.807) is 0 Å². The molecule has 20 heavy (non-hydrogen) atoms. The Morgan fingerprint density at radius 2 is 1.75 bits per heavy atom. The molecule has 0 aromatic heterocycles. The molecular formula is C12H13F3N2O3. The van der Waals surface area contributed by atoms with Crippen LogP contribution in [0.15, 0.2) is 12.1 Å². The van der Waals surface area contributed by atoms with Crippen LogP contribution in [0.4, 0.5) is 23.7 Å². The van der Waals surface area contributed by atoms with Crippen LogP contribution < -0.4 is 10.6 Å². The maximum absolute atomic E-state index is 13.3. The predicted octanol–water partition coefficient (Wildman–Crippen LogP) is 2.48. The second-order valence-electron chi connectivity index (χ2n) is 4.32. The molecule has 0 heterocycles. The van der Waals surface area contributed by atoms with Gasteiger partial charge in [-0.1, -0.05) is 6.92 Å². The molecule has 1 unspecified atom stereocenters. The number of urea groups is 1. The summed E-state index contributed by atoms with van der Waals surface area (Å²) in [5.41, 5.74) is -2.15. The number of nitrogens with one attached hydrogen (secondary N) is 2. The Kier molecular flexibility index (Phi) is 4.59. The highest BCUT2D eigenvalue weighted by atomic mass is 19.2. The molecule has 0 bridgehead atoms. The van der Waals surface area contributed by atoms with E-state index in [0.717, 1.165) is 0 Å². The van der Waals surface area contributed by atoms with E-state index < -0.39 is 40.7 Å². The summed E-state index contributed by atoms with van der Waals surface area (Å²) in [7, 11) is 0. The normalized spacial score (nSPS) is 13.4. The fourth-order valence-corrected chi connectivity index (χ4v) is 1.32. The smallest absolute Gasteiger partial charge is 0.329 e. The number of carbonyl (C=O) groups excluding carboxylic acids is 1. The molecule has 0 aliphatic heterocycles. The SMILES string of the molecule is CCC(C)(NC(=O)Nc1cc(F)c(F)cc1F)C(=O)O. The van der Waals surface area contributed by atoms with Crippen molar-refractivity contribution in [1.29, 1.82) is 0 Å². The molecule has 3 N–H and O–H groups in total. The van der Waals surface area contributed by atoms with E-state index in [1.807, 2.05) is 5.32 Å². The first-order valence-corrected chi connectivity index (χ1v) is 5.66. The van der Waals surface area contributed by atoms with Crippen LogP contribution in [-0.2, 0) is 4.79 Å². The maximum atomic E-state index is 13.3. The minimum Gasteiger partial charge on any atom is -0.480 e. The van der Waals surface area contributed by atoms with Crippen LogP contribution in [-0.4, -0.2) is 22.6 Å². The van der Waals surface area contributed by atoms with E-state index in [4.69, 9.17) is 5.11 Å². The summed E-state index contributed by atoms with van der Waals surface area (Å²) in [6.45, 7) is 2.79. The molecule has 0 aliphatic rings. The third-order valence-corrected chi connectivity index (χ3v) is 2.83. The van der Waals surface area contributed by atoms with Crippen molar-refractivity contribution in [3.63, 3.8) is 0 Å². The average Bonchev–Trinajstić information content (AvgIpc) is 2.35. The highest BCUT2D eigenvalue weighted by molar-refractivity contribution is 5.93. The Morgan fingerprint density at radius 3 is 2.25 bits per heavy atom. The summed E-state index contributed by atoms with van der Waals surface area (Å²) < 4.78 is 38.9. The lowest BCUT2D eigenvalue weighted by Gasteiger charge is -2.24. The van der Waals surface area contributed by atoms with Crippen LogP contribution in [0.5, 0.6) is 0 Å². The van der Waals surface area contributed by atoms with Crippen LogP contribution in [0.1, 0.15) is 20.3 Å². The standard InChI is InChI=1S/C12H13F3N2O3/c1-3-12(2,10(18)19)17-11(20)16-9-5-7(14)6(13)4-8(9)15/h4-5H,3H2,1-2H3,(H,18,19)(H2,16,17,20). The van der Waals surface area contributed by atoms with E-state index in [2.05, 4.69) is 5.32 Å². The van der Waals surface area contributed by atoms with E-state index in [0.29, 0.717) is 6.07 Å². The number of aliphatic carboxylic acids is 1. The lowest BCUT2D eigenvalue weighted by Crippen LogP contribution is -2.53.